The van der Waals surface area contributed by atoms with Crippen molar-refractivity contribution in [2.45, 2.75) is 0 Å². The van der Waals surface area contributed by atoms with Gasteiger partial charge in [-0.1, -0.05) is 0 Å². The van der Waals surface area contributed by atoms with Crippen LogP contribution >= 0.6 is 11.8 Å². The van der Waals surface area contributed by atoms with Gasteiger partial charge in [-0.3, -0.25) is 9.59 Å². The van der Waals surface area contributed by atoms with E-state index in [0.717, 1.165) is 24.5 Å². The van der Waals surface area contributed by atoms with Gasteiger partial charge in [0.25, 0.3) is 0 Å². The van der Waals surface area contributed by atoms with Crippen molar-refractivity contribution in [1.29, 1.82) is 0 Å². The molecule has 2 fully saturated rings. The molecular weight excluding hydrogens is 314 g/mol. The molecule has 0 atom stereocenters. The van der Waals surface area contributed by atoms with Crippen LogP contribution in [-0.4, -0.2) is 73.1 Å². The lowest BCUT2D eigenvalue weighted by atomic mass is 10.2. The molecular formula is C16H21N3O3S. The van der Waals surface area contributed by atoms with Crippen LogP contribution in [0, 0.1) is 0 Å². The van der Waals surface area contributed by atoms with E-state index in [9.17, 15) is 9.59 Å². The van der Waals surface area contributed by atoms with Crippen molar-refractivity contribution in [1.82, 2.24) is 9.80 Å². The maximum atomic E-state index is 12.3. The molecule has 0 N–H and O–H groups in total. The molecule has 2 saturated heterocycles. The van der Waals surface area contributed by atoms with E-state index >= 15 is 0 Å². The third-order valence-corrected chi connectivity index (χ3v) is 5.17. The Labute approximate surface area is 140 Å². The first-order valence-corrected chi connectivity index (χ1v) is 8.85. The topological polar surface area (TPSA) is 53.1 Å². The van der Waals surface area contributed by atoms with E-state index in [1.54, 1.807) is 23.8 Å². The third kappa shape index (κ3) is 3.72. The Balaban J connectivity index is 1.51. The highest BCUT2D eigenvalue weighted by molar-refractivity contribution is 8.00. The molecule has 2 amide bonds. The first-order chi connectivity index (χ1) is 11.2. The standard InChI is InChI=1S/C16H21N3O3S/c1-22-14-4-2-13(3-5-14)17-6-8-18(9-7-17)15(20)10-19-12-23-11-16(19)21/h2-5H,6-12H2,1H3. The second kappa shape index (κ2) is 7.12. The van der Waals surface area contributed by atoms with Crippen molar-refractivity contribution >= 4 is 29.3 Å². The number of carbonyl (C=O) groups is 2. The van der Waals surface area contributed by atoms with E-state index in [0.29, 0.717) is 24.7 Å². The van der Waals surface area contributed by atoms with Crippen LogP contribution in [0.1, 0.15) is 0 Å². The van der Waals surface area contributed by atoms with Crippen molar-refractivity contribution in [3.8, 4) is 5.75 Å². The Hall–Kier alpha value is -1.89. The van der Waals surface area contributed by atoms with Gasteiger partial charge in [-0.25, -0.2) is 0 Å². The van der Waals surface area contributed by atoms with Crippen LogP contribution in [0.4, 0.5) is 5.69 Å². The number of nitrogens with zero attached hydrogens (tertiary/aromatic N) is 3. The summed E-state index contributed by atoms with van der Waals surface area (Å²) in [5.41, 5.74) is 1.14. The predicted octanol–water partition coefficient (Wildman–Crippen LogP) is 0.877. The van der Waals surface area contributed by atoms with Crippen LogP contribution in [0.5, 0.6) is 5.75 Å². The zero-order valence-electron chi connectivity index (χ0n) is 13.2. The Morgan fingerprint density at radius 3 is 2.43 bits per heavy atom. The maximum absolute atomic E-state index is 12.3. The summed E-state index contributed by atoms with van der Waals surface area (Å²) in [5, 5.41) is 0. The summed E-state index contributed by atoms with van der Waals surface area (Å²) in [6.07, 6.45) is 0. The number of carbonyl (C=O) groups excluding carboxylic acids is 2. The van der Waals surface area contributed by atoms with Gasteiger partial charge in [0.05, 0.1) is 18.7 Å². The Morgan fingerprint density at radius 1 is 1.17 bits per heavy atom. The molecule has 0 spiro atoms. The third-order valence-electron chi connectivity index (χ3n) is 4.22. The zero-order chi connectivity index (χ0) is 16.2. The molecule has 23 heavy (non-hydrogen) atoms. The highest BCUT2D eigenvalue weighted by Crippen LogP contribution is 2.21. The molecule has 0 radical (unpaired) electrons. The van der Waals surface area contributed by atoms with E-state index < -0.39 is 0 Å². The fraction of sp³-hybridized carbons (Fsp3) is 0.500. The minimum Gasteiger partial charge on any atom is -0.497 e. The van der Waals surface area contributed by atoms with Crippen LogP contribution in [0.25, 0.3) is 0 Å². The lowest BCUT2D eigenvalue weighted by Gasteiger charge is -2.36. The number of thioether (sulfide) groups is 1. The molecule has 0 aliphatic carbocycles. The molecule has 0 unspecified atom stereocenters. The number of piperazine rings is 1. The van der Waals surface area contributed by atoms with Gasteiger partial charge in [-0.05, 0) is 24.3 Å². The van der Waals surface area contributed by atoms with E-state index in [4.69, 9.17) is 4.74 Å². The molecule has 0 aromatic heterocycles. The molecule has 6 nitrogen and oxygen atoms in total. The molecule has 7 heteroatoms. The molecule has 1 aromatic carbocycles. The first kappa shape index (κ1) is 16.0. The van der Waals surface area contributed by atoms with Crippen LogP contribution in [0.3, 0.4) is 0 Å². The molecule has 2 aliphatic rings. The number of methoxy groups -OCH3 is 1. The Bertz CT molecular complexity index is 570. The van der Waals surface area contributed by atoms with Crippen LogP contribution in [-0.2, 0) is 9.59 Å². The SMILES string of the molecule is COc1ccc(N2CCN(C(=O)CN3CSCC3=O)CC2)cc1. The van der Waals surface area contributed by atoms with Gasteiger partial charge in [0, 0.05) is 31.9 Å². The van der Waals surface area contributed by atoms with Gasteiger partial charge in [-0.2, -0.15) is 0 Å². The van der Waals surface area contributed by atoms with Gasteiger partial charge in [-0.15, -0.1) is 11.8 Å². The highest BCUT2D eigenvalue weighted by atomic mass is 32.2. The molecule has 2 aliphatic heterocycles. The average Bonchev–Trinajstić information content (AvgIpc) is 3.00. The molecule has 0 saturated carbocycles. The highest BCUT2D eigenvalue weighted by Gasteiger charge is 2.27. The first-order valence-electron chi connectivity index (χ1n) is 7.69. The van der Waals surface area contributed by atoms with E-state index in [1.165, 1.54) is 0 Å². The molecule has 2 heterocycles. The summed E-state index contributed by atoms with van der Waals surface area (Å²) in [6.45, 7) is 3.22. The normalized spacial score (nSPS) is 18.5. The van der Waals surface area contributed by atoms with Crippen molar-refractivity contribution in [2.24, 2.45) is 0 Å². The molecule has 1 aromatic rings. The fourth-order valence-electron chi connectivity index (χ4n) is 2.81. The minimum atomic E-state index is 0.0511. The summed E-state index contributed by atoms with van der Waals surface area (Å²) >= 11 is 1.57. The summed E-state index contributed by atoms with van der Waals surface area (Å²) in [4.78, 5) is 29.7. The number of hydrogen-bond acceptors (Lipinski definition) is 5. The van der Waals surface area contributed by atoms with Crippen LogP contribution in [0.15, 0.2) is 24.3 Å². The number of amides is 2. The summed E-state index contributed by atoms with van der Waals surface area (Å²) in [6, 6.07) is 7.97. The quantitative estimate of drug-likeness (QED) is 0.817. The van der Waals surface area contributed by atoms with Gasteiger partial charge in [0.2, 0.25) is 11.8 Å². The molecule has 124 valence electrons. The smallest absolute Gasteiger partial charge is 0.242 e. The second-order valence-corrected chi connectivity index (χ2v) is 6.59. The van der Waals surface area contributed by atoms with Gasteiger partial charge in [0.1, 0.15) is 12.3 Å². The van der Waals surface area contributed by atoms with Crippen LogP contribution < -0.4 is 9.64 Å². The van der Waals surface area contributed by atoms with E-state index in [-0.39, 0.29) is 18.4 Å². The van der Waals surface area contributed by atoms with E-state index in [1.807, 2.05) is 29.2 Å². The van der Waals surface area contributed by atoms with Crippen LogP contribution in [0.2, 0.25) is 0 Å². The number of hydrogen-bond donors (Lipinski definition) is 0. The van der Waals surface area contributed by atoms with Crippen molar-refractivity contribution in [2.75, 3.05) is 56.4 Å². The summed E-state index contributed by atoms with van der Waals surface area (Å²) in [5.74, 6) is 2.10. The van der Waals surface area contributed by atoms with Gasteiger partial charge >= 0.3 is 0 Å². The van der Waals surface area contributed by atoms with Crippen molar-refractivity contribution in [3.63, 3.8) is 0 Å². The lowest BCUT2D eigenvalue weighted by Crippen LogP contribution is -2.51. The van der Waals surface area contributed by atoms with Crippen molar-refractivity contribution < 1.29 is 14.3 Å². The minimum absolute atomic E-state index is 0.0511. The number of rotatable bonds is 4. The largest absolute Gasteiger partial charge is 0.497 e. The van der Waals surface area contributed by atoms with Gasteiger partial charge in [0.15, 0.2) is 0 Å². The second-order valence-electron chi connectivity index (χ2n) is 5.64. The summed E-state index contributed by atoms with van der Waals surface area (Å²) < 4.78 is 5.17. The van der Waals surface area contributed by atoms with Crippen molar-refractivity contribution in [3.05, 3.63) is 24.3 Å². The predicted molar refractivity (Wildman–Crippen MR) is 90.8 cm³/mol. The zero-order valence-corrected chi connectivity index (χ0v) is 14.1. The lowest BCUT2D eigenvalue weighted by molar-refractivity contribution is -0.138. The number of benzene rings is 1. The molecule has 0 bridgehead atoms. The molecule has 3 rings (SSSR count). The average molecular weight is 335 g/mol. The monoisotopic (exact) mass is 335 g/mol. The Morgan fingerprint density at radius 2 is 1.87 bits per heavy atom. The number of anilines is 1. The maximum Gasteiger partial charge on any atom is 0.242 e. The fourth-order valence-corrected chi connectivity index (χ4v) is 3.71. The number of ether oxygens (including phenoxy) is 1. The van der Waals surface area contributed by atoms with E-state index in [2.05, 4.69) is 4.90 Å². The van der Waals surface area contributed by atoms with Gasteiger partial charge < -0.3 is 19.4 Å². The Kier molecular flexibility index (Phi) is 4.95. The summed E-state index contributed by atoms with van der Waals surface area (Å²) in [7, 11) is 1.66.